The zero-order valence-corrected chi connectivity index (χ0v) is 34.9. The number of nitrogens with zero attached hydrogens (tertiary/aromatic N) is 2. The fourth-order valence-electron chi connectivity index (χ4n) is 10.1. The Morgan fingerprint density at radius 1 is 0.306 bits per heavy atom. The van der Waals surface area contributed by atoms with E-state index in [9.17, 15) is 0 Å². The smallest absolute Gasteiger partial charge is 0.180 e. The maximum absolute atomic E-state index is 6.54. The van der Waals surface area contributed by atoms with Gasteiger partial charge < -0.3 is 14.2 Å². The number of anilines is 6. The molecule has 0 N–H and O–H groups in total. The zero-order valence-electron chi connectivity index (χ0n) is 33.9. The highest BCUT2D eigenvalue weighted by Crippen LogP contribution is 2.46. The molecule has 11 aromatic rings. The lowest BCUT2D eigenvalue weighted by Crippen LogP contribution is -2.72. The standard InChI is InChI=1S/C58H40N2OSi/c1-6-20-41(21-7-1)59(42-22-8-2-9-23-42)44-35-37-56-52(38-44)58-51-32-17-16-30-48(51)53(40-57(58)62(56,46-26-12-4-13-27-46)47-28-14-5-15-29-47)60(43-24-10-3-11-25-43)45-34-36-50-49-31-18-19-33-54(49)61-55(50)39-45/h1-40H. The Kier molecular flexibility index (Phi) is 8.51. The molecule has 0 atom stereocenters. The van der Waals surface area contributed by atoms with Gasteiger partial charge in [0.05, 0.1) is 5.69 Å². The quantitative estimate of drug-likeness (QED) is 0.143. The van der Waals surface area contributed by atoms with E-state index < -0.39 is 8.07 Å². The fraction of sp³-hybridized carbons (Fsp3) is 0. The topological polar surface area (TPSA) is 19.6 Å². The van der Waals surface area contributed by atoms with E-state index in [0.29, 0.717) is 0 Å². The Labute approximate surface area is 362 Å². The number of para-hydroxylation sites is 4. The van der Waals surface area contributed by atoms with Crippen molar-refractivity contribution in [3.8, 4) is 11.1 Å². The van der Waals surface area contributed by atoms with Gasteiger partial charge in [-0.05, 0) is 110 Å². The Morgan fingerprint density at radius 3 is 1.39 bits per heavy atom. The monoisotopic (exact) mass is 808 g/mol. The average molecular weight is 809 g/mol. The minimum absolute atomic E-state index is 0.869. The van der Waals surface area contributed by atoms with Crippen LogP contribution in [0.2, 0.25) is 0 Å². The van der Waals surface area contributed by atoms with Crippen molar-refractivity contribution in [3.63, 3.8) is 0 Å². The zero-order chi connectivity index (χ0) is 41.0. The number of rotatable bonds is 8. The van der Waals surface area contributed by atoms with Crippen LogP contribution in [0.5, 0.6) is 0 Å². The number of furan rings is 1. The largest absolute Gasteiger partial charge is 0.456 e. The molecule has 0 saturated carbocycles. The summed E-state index contributed by atoms with van der Waals surface area (Å²) in [7, 11) is -2.97. The van der Waals surface area contributed by atoms with Crippen molar-refractivity contribution in [1.29, 1.82) is 0 Å². The molecule has 0 unspecified atom stereocenters. The van der Waals surface area contributed by atoms with E-state index in [2.05, 4.69) is 246 Å². The lowest BCUT2D eigenvalue weighted by Gasteiger charge is -2.33. The molecule has 1 aromatic heterocycles. The third kappa shape index (κ3) is 5.58. The SMILES string of the molecule is c1ccc(N(c2ccccc2)c2ccc3c(c2)-c2c(cc(N(c4ccccc4)c4ccc5c(c4)oc4ccccc45)c4ccccc24)[Si]3(c2ccccc2)c2ccccc2)cc1. The molecule has 62 heavy (non-hydrogen) atoms. The normalized spacial score (nSPS) is 12.6. The summed E-state index contributed by atoms with van der Waals surface area (Å²) in [4.78, 5) is 4.82. The van der Waals surface area contributed by atoms with Crippen LogP contribution in [-0.2, 0) is 0 Å². The second-order valence-corrected chi connectivity index (χ2v) is 19.8. The molecule has 0 amide bonds. The molecule has 1 aliphatic heterocycles. The molecular formula is C58H40N2OSi. The van der Waals surface area contributed by atoms with Crippen LogP contribution in [0.25, 0.3) is 43.8 Å². The van der Waals surface area contributed by atoms with Crippen LogP contribution >= 0.6 is 0 Å². The summed E-state index contributed by atoms with van der Waals surface area (Å²) in [5, 5.41) is 10.2. The number of fused-ring (bicyclic) bond motifs is 8. The molecule has 0 bridgehead atoms. The molecule has 3 nitrogen and oxygen atoms in total. The highest BCUT2D eigenvalue weighted by atomic mass is 28.3. The van der Waals surface area contributed by atoms with Crippen LogP contribution in [0.3, 0.4) is 0 Å². The van der Waals surface area contributed by atoms with Crippen molar-refractivity contribution in [1.82, 2.24) is 0 Å². The van der Waals surface area contributed by atoms with Crippen molar-refractivity contribution in [2.45, 2.75) is 0 Å². The first kappa shape index (κ1) is 36.0. The minimum atomic E-state index is -2.97. The summed E-state index contributed by atoms with van der Waals surface area (Å²) in [5.41, 5.74) is 11.0. The lowest BCUT2D eigenvalue weighted by molar-refractivity contribution is 0.669. The van der Waals surface area contributed by atoms with Crippen molar-refractivity contribution < 1.29 is 4.42 Å². The predicted molar refractivity (Wildman–Crippen MR) is 263 cm³/mol. The van der Waals surface area contributed by atoms with Crippen molar-refractivity contribution >= 4 is 95.7 Å². The van der Waals surface area contributed by atoms with E-state index in [4.69, 9.17) is 4.42 Å². The van der Waals surface area contributed by atoms with Crippen LogP contribution in [0.1, 0.15) is 0 Å². The van der Waals surface area contributed by atoms with Crippen molar-refractivity contribution in [2.75, 3.05) is 9.80 Å². The van der Waals surface area contributed by atoms with Crippen molar-refractivity contribution in [2.24, 2.45) is 0 Å². The van der Waals surface area contributed by atoms with Crippen molar-refractivity contribution in [3.05, 3.63) is 243 Å². The molecule has 0 spiro atoms. The minimum Gasteiger partial charge on any atom is -0.456 e. The van der Waals surface area contributed by atoms with E-state index in [-0.39, 0.29) is 0 Å². The Balaban J connectivity index is 1.19. The van der Waals surface area contributed by atoms with Gasteiger partial charge in [0.15, 0.2) is 8.07 Å². The fourth-order valence-corrected chi connectivity index (χ4v) is 15.3. The molecule has 1 aliphatic rings. The van der Waals surface area contributed by atoms with Gasteiger partial charge in [0, 0.05) is 50.7 Å². The lowest BCUT2D eigenvalue weighted by atomic mass is 9.95. The molecule has 0 fully saturated rings. The number of benzene rings is 10. The Bertz CT molecular complexity index is 3330. The molecular weight excluding hydrogens is 769 g/mol. The van der Waals surface area contributed by atoms with E-state index >= 15 is 0 Å². The molecule has 2 heterocycles. The first-order valence-corrected chi connectivity index (χ1v) is 23.3. The highest BCUT2D eigenvalue weighted by molar-refractivity contribution is 7.22. The van der Waals surface area contributed by atoms with Gasteiger partial charge in [0.2, 0.25) is 0 Å². The first-order valence-electron chi connectivity index (χ1n) is 21.3. The third-order valence-corrected chi connectivity index (χ3v) is 17.5. The second kappa shape index (κ2) is 14.7. The second-order valence-electron chi connectivity index (χ2n) is 16.0. The maximum atomic E-state index is 6.54. The summed E-state index contributed by atoms with van der Waals surface area (Å²) < 4.78 is 6.54. The van der Waals surface area contributed by atoms with Crippen LogP contribution in [-0.4, -0.2) is 8.07 Å². The predicted octanol–water partition coefficient (Wildman–Crippen LogP) is 13.0. The summed E-state index contributed by atoms with van der Waals surface area (Å²) in [6.07, 6.45) is 0. The number of hydrogen-bond acceptors (Lipinski definition) is 3. The van der Waals surface area contributed by atoms with E-state index in [0.717, 1.165) is 56.1 Å². The Morgan fingerprint density at radius 2 is 0.774 bits per heavy atom. The maximum Gasteiger partial charge on any atom is 0.180 e. The van der Waals surface area contributed by atoms with Crippen LogP contribution < -0.4 is 30.5 Å². The van der Waals surface area contributed by atoms with Gasteiger partial charge in [0.25, 0.3) is 0 Å². The van der Waals surface area contributed by atoms with Gasteiger partial charge in [0.1, 0.15) is 11.2 Å². The molecule has 0 saturated heterocycles. The van der Waals surface area contributed by atoms with Gasteiger partial charge in [-0.3, -0.25) is 0 Å². The molecule has 292 valence electrons. The Hall–Kier alpha value is -7.92. The van der Waals surface area contributed by atoms with Gasteiger partial charge in [-0.1, -0.05) is 164 Å². The first-order chi connectivity index (χ1) is 30.8. The van der Waals surface area contributed by atoms with E-state index in [1.807, 2.05) is 6.07 Å². The van der Waals surface area contributed by atoms with Crippen LogP contribution in [0.4, 0.5) is 34.1 Å². The average Bonchev–Trinajstić information content (AvgIpc) is 3.86. The van der Waals surface area contributed by atoms with Gasteiger partial charge in [-0.15, -0.1) is 0 Å². The molecule has 0 radical (unpaired) electrons. The van der Waals surface area contributed by atoms with Crippen LogP contribution in [0.15, 0.2) is 247 Å². The number of hydrogen-bond donors (Lipinski definition) is 0. The highest BCUT2D eigenvalue weighted by Gasteiger charge is 2.50. The molecule has 12 rings (SSSR count). The van der Waals surface area contributed by atoms with E-state index in [1.165, 1.54) is 42.6 Å². The van der Waals surface area contributed by atoms with Crippen LogP contribution in [0, 0.1) is 0 Å². The molecule has 0 aliphatic carbocycles. The molecule has 10 aromatic carbocycles. The van der Waals surface area contributed by atoms with E-state index in [1.54, 1.807) is 0 Å². The van der Waals surface area contributed by atoms with Gasteiger partial charge in [-0.25, -0.2) is 0 Å². The van der Waals surface area contributed by atoms with Gasteiger partial charge in [-0.2, -0.15) is 0 Å². The summed E-state index contributed by atoms with van der Waals surface area (Å²) in [6, 6.07) is 88.7. The summed E-state index contributed by atoms with van der Waals surface area (Å²) >= 11 is 0. The third-order valence-electron chi connectivity index (χ3n) is 12.7. The summed E-state index contributed by atoms with van der Waals surface area (Å²) in [5.74, 6) is 0. The molecule has 4 heteroatoms. The summed E-state index contributed by atoms with van der Waals surface area (Å²) in [6.45, 7) is 0. The van der Waals surface area contributed by atoms with Gasteiger partial charge >= 0.3 is 0 Å².